The van der Waals surface area contributed by atoms with Gasteiger partial charge < -0.3 is 9.73 Å². The maximum atomic E-state index is 12.5. The Morgan fingerprint density at radius 3 is 2.36 bits per heavy atom. The molecule has 0 spiro atoms. The predicted octanol–water partition coefficient (Wildman–Crippen LogP) is 3.45. The van der Waals surface area contributed by atoms with Gasteiger partial charge in [0, 0.05) is 23.6 Å². The summed E-state index contributed by atoms with van der Waals surface area (Å²) in [5.41, 5.74) is 1.23. The summed E-state index contributed by atoms with van der Waals surface area (Å²) in [5, 5.41) is 10.5. The van der Waals surface area contributed by atoms with Crippen LogP contribution in [0, 0.1) is 0 Å². The topological polar surface area (TPSA) is 140 Å². The van der Waals surface area contributed by atoms with E-state index in [0.717, 1.165) is 17.3 Å². The fourth-order valence-electron chi connectivity index (χ4n) is 2.65. The molecule has 2 N–H and O–H groups in total. The molecule has 1 unspecified atom stereocenters. The average Bonchev–Trinajstić information content (AvgIpc) is 3.29. The molecule has 33 heavy (non-hydrogen) atoms. The van der Waals surface area contributed by atoms with Gasteiger partial charge in [-0.05, 0) is 49.4 Å². The molecule has 2 aromatic carbocycles. The van der Waals surface area contributed by atoms with E-state index in [9.17, 15) is 13.2 Å². The Morgan fingerprint density at radius 1 is 0.970 bits per heavy atom. The van der Waals surface area contributed by atoms with E-state index in [1.807, 2.05) is 30.3 Å². The summed E-state index contributed by atoms with van der Waals surface area (Å²) in [7, 11) is -3.86. The van der Waals surface area contributed by atoms with Crippen molar-refractivity contribution in [3.63, 3.8) is 0 Å². The first-order valence-electron chi connectivity index (χ1n) is 9.67. The number of thioether (sulfide) groups is 1. The van der Waals surface area contributed by atoms with E-state index in [4.69, 9.17) is 4.42 Å². The van der Waals surface area contributed by atoms with E-state index in [1.165, 1.54) is 36.7 Å². The number of carbonyl (C=O) groups excluding carboxylic acids is 1. The first-order chi connectivity index (χ1) is 15.9. The number of anilines is 2. The summed E-state index contributed by atoms with van der Waals surface area (Å²) >= 11 is 1.12. The van der Waals surface area contributed by atoms with Crippen molar-refractivity contribution in [3.05, 3.63) is 73.1 Å². The van der Waals surface area contributed by atoms with E-state index in [2.05, 4.69) is 30.2 Å². The second-order valence-corrected chi connectivity index (χ2v) is 9.67. The van der Waals surface area contributed by atoms with Gasteiger partial charge in [-0.15, -0.1) is 10.2 Å². The fourth-order valence-corrected chi connectivity index (χ4v) is 4.29. The molecule has 0 saturated heterocycles. The standard InChI is InChI=1S/C21H18N6O4S2/c1-14(32-21-26-25-19(31-21)15-6-3-2-4-7-15)18(28)24-16-8-10-17(11-9-16)33(29,30)27-20-22-12-5-13-23-20/h2-14H,1H3,(H,24,28)(H,22,23,27). The van der Waals surface area contributed by atoms with Crippen molar-refractivity contribution in [1.29, 1.82) is 0 Å². The summed E-state index contributed by atoms with van der Waals surface area (Å²) in [4.78, 5) is 20.2. The predicted molar refractivity (Wildman–Crippen MR) is 123 cm³/mol. The molecule has 1 amide bonds. The lowest BCUT2D eigenvalue weighted by atomic mass is 10.2. The van der Waals surface area contributed by atoms with Crippen LogP contribution in [0.25, 0.3) is 11.5 Å². The Balaban J connectivity index is 1.36. The van der Waals surface area contributed by atoms with Crippen LogP contribution < -0.4 is 10.0 Å². The highest BCUT2D eigenvalue weighted by atomic mass is 32.2. The van der Waals surface area contributed by atoms with Gasteiger partial charge in [0.2, 0.25) is 17.7 Å². The Hall–Kier alpha value is -3.77. The molecular formula is C21H18N6O4S2. The molecule has 12 heteroatoms. The molecule has 4 rings (SSSR count). The minimum Gasteiger partial charge on any atom is -0.411 e. The van der Waals surface area contributed by atoms with Crippen molar-refractivity contribution in [2.45, 2.75) is 22.3 Å². The van der Waals surface area contributed by atoms with Crippen molar-refractivity contribution in [3.8, 4) is 11.5 Å². The molecule has 0 fully saturated rings. The number of sulfonamides is 1. The first kappa shape index (κ1) is 22.4. The average molecular weight is 483 g/mol. The second kappa shape index (κ2) is 9.79. The van der Waals surface area contributed by atoms with E-state index in [-0.39, 0.29) is 22.0 Å². The van der Waals surface area contributed by atoms with E-state index >= 15 is 0 Å². The Labute approximate surface area is 193 Å². The van der Waals surface area contributed by atoms with Gasteiger partial charge in [-0.25, -0.2) is 23.1 Å². The number of carbonyl (C=O) groups is 1. The summed E-state index contributed by atoms with van der Waals surface area (Å²) in [6.07, 6.45) is 2.86. The van der Waals surface area contributed by atoms with Crippen molar-refractivity contribution < 1.29 is 17.6 Å². The summed E-state index contributed by atoms with van der Waals surface area (Å²) in [6, 6.07) is 16.6. The smallest absolute Gasteiger partial charge is 0.277 e. The zero-order chi connectivity index (χ0) is 23.3. The largest absolute Gasteiger partial charge is 0.411 e. The van der Waals surface area contributed by atoms with Crippen LogP contribution in [0.1, 0.15) is 6.92 Å². The van der Waals surface area contributed by atoms with Crippen LogP contribution in [0.2, 0.25) is 0 Å². The van der Waals surface area contributed by atoms with Gasteiger partial charge in [-0.1, -0.05) is 30.0 Å². The molecule has 2 aromatic heterocycles. The van der Waals surface area contributed by atoms with Gasteiger partial charge in [-0.2, -0.15) is 0 Å². The lowest BCUT2D eigenvalue weighted by Gasteiger charge is -2.11. The van der Waals surface area contributed by atoms with Crippen LogP contribution >= 0.6 is 11.8 Å². The highest BCUT2D eigenvalue weighted by Gasteiger charge is 2.20. The van der Waals surface area contributed by atoms with Crippen LogP contribution in [-0.4, -0.2) is 39.7 Å². The molecule has 2 heterocycles. The highest BCUT2D eigenvalue weighted by Crippen LogP contribution is 2.27. The van der Waals surface area contributed by atoms with Crippen LogP contribution in [0.5, 0.6) is 0 Å². The van der Waals surface area contributed by atoms with E-state index < -0.39 is 15.3 Å². The molecule has 0 radical (unpaired) electrons. The molecule has 0 aliphatic heterocycles. The minimum absolute atomic E-state index is 0.00896. The Bertz CT molecular complexity index is 1330. The number of aromatic nitrogens is 4. The molecule has 4 aromatic rings. The van der Waals surface area contributed by atoms with Gasteiger partial charge in [0.1, 0.15) is 0 Å². The van der Waals surface area contributed by atoms with Gasteiger partial charge in [-0.3, -0.25) is 4.79 Å². The maximum Gasteiger partial charge on any atom is 0.277 e. The summed E-state index contributed by atoms with van der Waals surface area (Å²) in [5.74, 6) is 0.0417. The molecule has 0 bridgehead atoms. The molecule has 0 aliphatic rings. The molecule has 1 atom stereocenters. The summed E-state index contributed by atoms with van der Waals surface area (Å²) in [6.45, 7) is 1.70. The third-order valence-electron chi connectivity index (χ3n) is 4.30. The third kappa shape index (κ3) is 5.73. The van der Waals surface area contributed by atoms with Crippen LogP contribution in [0.3, 0.4) is 0 Å². The summed E-state index contributed by atoms with van der Waals surface area (Å²) < 4.78 is 32.8. The normalized spacial score (nSPS) is 12.2. The fraction of sp³-hybridized carbons (Fsp3) is 0.0952. The number of nitrogens with one attached hydrogen (secondary N) is 2. The number of rotatable bonds is 8. The van der Waals surface area contributed by atoms with Gasteiger partial charge >= 0.3 is 0 Å². The molecule has 0 saturated carbocycles. The molecule has 168 valence electrons. The van der Waals surface area contributed by atoms with E-state index in [1.54, 1.807) is 13.0 Å². The second-order valence-electron chi connectivity index (χ2n) is 6.69. The van der Waals surface area contributed by atoms with Crippen molar-refractivity contribution in [2.75, 3.05) is 10.0 Å². The van der Waals surface area contributed by atoms with Gasteiger partial charge in [0.05, 0.1) is 10.1 Å². The van der Waals surface area contributed by atoms with Gasteiger partial charge in [0.25, 0.3) is 15.2 Å². The number of hydrogen-bond donors (Lipinski definition) is 2. The maximum absolute atomic E-state index is 12.5. The molecule has 10 nitrogen and oxygen atoms in total. The lowest BCUT2D eigenvalue weighted by molar-refractivity contribution is -0.115. The number of amides is 1. The number of nitrogens with zero attached hydrogens (tertiary/aromatic N) is 4. The Kier molecular flexibility index (Phi) is 6.66. The number of benzene rings is 2. The van der Waals surface area contributed by atoms with Crippen LogP contribution in [-0.2, 0) is 14.8 Å². The third-order valence-corrected chi connectivity index (χ3v) is 6.58. The lowest BCUT2D eigenvalue weighted by Crippen LogP contribution is -2.22. The van der Waals surface area contributed by atoms with Crippen molar-refractivity contribution >= 4 is 39.3 Å². The minimum atomic E-state index is -3.86. The number of hydrogen-bond acceptors (Lipinski definition) is 9. The van der Waals surface area contributed by atoms with Crippen LogP contribution in [0.15, 0.2) is 87.6 Å². The highest BCUT2D eigenvalue weighted by molar-refractivity contribution is 8.00. The van der Waals surface area contributed by atoms with Crippen molar-refractivity contribution in [2.24, 2.45) is 0 Å². The quantitative estimate of drug-likeness (QED) is 0.361. The first-order valence-corrected chi connectivity index (χ1v) is 12.0. The van der Waals surface area contributed by atoms with Gasteiger partial charge in [0.15, 0.2) is 0 Å². The SMILES string of the molecule is CC(Sc1nnc(-c2ccccc2)o1)C(=O)Nc1ccc(S(=O)(=O)Nc2ncccn2)cc1. The monoisotopic (exact) mass is 482 g/mol. The van der Waals surface area contributed by atoms with Crippen molar-refractivity contribution in [1.82, 2.24) is 20.2 Å². The zero-order valence-electron chi connectivity index (χ0n) is 17.2. The molecule has 0 aliphatic carbocycles. The van der Waals surface area contributed by atoms with Crippen LogP contribution in [0.4, 0.5) is 11.6 Å². The molecular weight excluding hydrogens is 464 g/mol. The Morgan fingerprint density at radius 2 is 1.67 bits per heavy atom. The van der Waals surface area contributed by atoms with E-state index in [0.29, 0.717) is 11.6 Å². The zero-order valence-corrected chi connectivity index (χ0v) is 18.9.